The summed E-state index contributed by atoms with van der Waals surface area (Å²) in [6, 6.07) is 0. The summed E-state index contributed by atoms with van der Waals surface area (Å²) >= 11 is 0. The van der Waals surface area contributed by atoms with E-state index in [-0.39, 0.29) is 34.3 Å². The largest absolute Gasteiger partial charge is 0.493 e. The Morgan fingerprint density at radius 3 is 1.53 bits per heavy atom. The smallest absolute Gasteiger partial charge is 0.390 e. The molecule has 0 saturated heterocycles. The number of hydrogen-bond acceptors (Lipinski definition) is 10. The van der Waals surface area contributed by atoms with Crippen LogP contribution in [0.4, 0.5) is 23.8 Å². The molecule has 0 unspecified atom stereocenters. The fourth-order valence-corrected chi connectivity index (χ4v) is 0.837. The zero-order chi connectivity index (χ0) is 13.1. The molecular formula is C4H2AgN10O4. The molecule has 2 heterocycles. The van der Waals surface area contributed by atoms with Gasteiger partial charge in [-0.25, -0.2) is 0 Å². The third-order valence-electron chi connectivity index (χ3n) is 1.49. The number of nitrogens with one attached hydrogen (secondary N) is 2. The van der Waals surface area contributed by atoms with E-state index in [4.69, 9.17) is 0 Å². The molecule has 0 spiro atoms. The predicted octanol–water partition coefficient (Wildman–Crippen LogP) is 0.152. The van der Waals surface area contributed by atoms with Crippen LogP contribution >= 0.6 is 0 Å². The van der Waals surface area contributed by atoms with Crippen LogP contribution in [0.15, 0.2) is 10.2 Å². The van der Waals surface area contributed by atoms with E-state index in [0.29, 0.717) is 0 Å². The Labute approximate surface area is 117 Å². The fourth-order valence-electron chi connectivity index (χ4n) is 0.837. The van der Waals surface area contributed by atoms with Gasteiger partial charge in [0.05, 0.1) is 0 Å². The molecule has 0 aliphatic rings. The van der Waals surface area contributed by atoms with Gasteiger partial charge in [0.1, 0.15) is 0 Å². The van der Waals surface area contributed by atoms with Gasteiger partial charge in [-0.1, -0.05) is 10.2 Å². The minimum absolute atomic E-state index is 0. The summed E-state index contributed by atoms with van der Waals surface area (Å²) in [7, 11) is 0. The number of aromatic nitrogens is 6. The van der Waals surface area contributed by atoms with Gasteiger partial charge in [0.2, 0.25) is 0 Å². The minimum Gasteiger partial charge on any atom is -0.390 e. The Hall–Kier alpha value is -2.58. The molecule has 103 valence electrons. The summed E-state index contributed by atoms with van der Waals surface area (Å²) in [5, 5.41) is 38.0. The van der Waals surface area contributed by atoms with Crippen LogP contribution in [-0.2, 0) is 22.4 Å². The number of aromatic amines is 2. The molecule has 0 aliphatic carbocycles. The summed E-state index contributed by atoms with van der Waals surface area (Å²) in [6.07, 6.45) is 0. The third-order valence-corrected chi connectivity index (χ3v) is 1.49. The maximum absolute atomic E-state index is 10.3. The van der Waals surface area contributed by atoms with Crippen molar-refractivity contribution in [3.63, 3.8) is 0 Å². The SMILES string of the molecule is O=[N+]([O-])c1n[nH]c(N=Nc2nc([N+](=O)[O-])n[nH]2)n1.[Ag]. The molecule has 0 saturated carbocycles. The minimum atomic E-state index is -0.825. The first-order chi connectivity index (χ1) is 8.56. The average molecular weight is 362 g/mol. The van der Waals surface area contributed by atoms with Crippen LogP contribution in [0.2, 0.25) is 0 Å². The zero-order valence-corrected chi connectivity index (χ0v) is 9.99. The zero-order valence-electron chi connectivity index (χ0n) is 8.51. The van der Waals surface area contributed by atoms with Gasteiger partial charge in [-0.15, -0.1) is 0 Å². The summed E-state index contributed by atoms with van der Waals surface area (Å²) in [5.74, 6) is -1.85. The topological polar surface area (TPSA) is 194 Å². The molecule has 0 fully saturated rings. The van der Waals surface area contributed by atoms with Gasteiger partial charge in [-0.2, -0.15) is 10.2 Å². The number of hydrogen-bond donors (Lipinski definition) is 2. The van der Waals surface area contributed by atoms with E-state index in [9.17, 15) is 20.2 Å². The Morgan fingerprint density at radius 1 is 0.895 bits per heavy atom. The molecule has 0 atom stereocenters. The normalized spacial score (nSPS) is 10.3. The van der Waals surface area contributed by atoms with E-state index in [0.717, 1.165) is 0 Å². The first-order valence-corrected chi connectivity index (χ1v) is 4.11. The van der Waals surface area contributed by atoms with E-state index in [2.05, 4.69) is 40.6 Å². The monoisotopic (exact) mass is 361 g/mol. The van der Waals surface area contributed by atoms with Gasteiger partial charge < -0.3 is 20.2 Å². The van der Waals surface area contributed by atoms with Crippen LogP contribution in [-0.4, -0.2) is 40.2 Å². The van der Waals surface area contributed by atoms with Crippen LogP contribution < -0.4 is 0 Å². The van der Waals surface area contributed by atoms with Gasteiger partial charge in [-0.3, -0.25) is 0 Å². The molecule has 19 heavy (non-hydrogen) atoms. The number of nitro groups is 2. The molecule has 0 amide bonds. The first-order valence-electron chi connectivity index (χ1n) is 4.11. The molecule has 1 radical (unpaired) electrons. The average Bonchev–Trinajstić information content (AvgIpc) is 2.95. The van der Waals surface area contributed by atoms with Crippen LogP contribution in [0.25, 0.3) is 0 Å². The van der Waals surface area contributed by atoms with Gasteiger partial charge in [0.15, 0.2) is 0 Å². The maximum atomic E-state index is 10.3. The van der Waals surface area contributed by atoms with Crippen LogP contribution in [0.1, 0.15) is 0 Å². The molecule has 14 nitrogen and oxygen atoms in total. The van der Waals surface area contributed by atoms with Crippen molar-refractivity contribution in [1.29, 1.82) is 0 Å². The number of rotatable bonds is 4. The van der Waals surface area contributed by atoms with E-state index in [1.165, 1.54) is 0 Å². The Morgan fingerprint density at radius 2 is 1.26 bits per heavy atom. The van der Waals surface area contributed by atoms with Crippen molar-refractivity contribution >= 4 is 23.8 Å². The van der Waals surface area contributed by atoms with Crippen molar-refractivity contribution in [2.75, 3.05) is 0 Å². The Kier molecular flexibility index (Phi) is 4.46. The van der Waals surface area contributed by atoms with E-state index in [1.807, 2.05) is 0 Å². The van der Waals surface area contributed by atoms with Crippen molar-refractivity contribution < 1.29 is 32.2 Å². The molecule has 2 N–H and O–H groups in total. The standard InChI is InChI=1S/C4H2N10O4.Ag/c15-13(16)3-5-1(9-11-3)7-8-2-6-4(12-10-2)14(17)18;/h(H,5,9,11)(H,6,10,12);. The van der Waals surface area contributed by atoms with Crippen molar-refractivity contribution in [2.24, 2.45) is 10.2 Å². The van der Waals surface area contributed by atoms with Gasteiger partial charge in [0.25, 0.3) is 0 Å². The van der Waals surface area contributed by atoms with Crippen LogP contribution in [0, 0.1) is 20.2 Å². The van der Waals surface area contributed by atoms with E-state index < -0.39 is 21.7 Å². The fraction of sp³-hybridized carbons (Fsp3) is 0. The van der Waals surface area contributed by atoms with Crippen LogP contribution in [0.3, 0.4) is 0 Å². The van der Waals surface area contributed by atoms with Crippen LogP contribution in [0.5, 0.6) is 0 Å². The summed E-state index contributed by atoms with van der Waals surface area (Å²) in [5.41, 5.74) is 0. The Balaban J connectivity index is 0.00000180. The predicted molar refractivity (Wildman–Crippen MR) is 50.3 cm³/mol. The molecule has 0 bridgehead atoms. The molecule has 0 aromatic carbocycles. The molecule has 0 aliphatic heterocycles. The number of H-pyrrole nitrogens is 2. The molecule has 2 rings (SSSR count). The summed E-state index contributed by atoms with van der Waals surface area (Å²) in [4.78, 5) is 25.5. The quantitative estimate of drug-likeness (QED) is 0.332. The molecular weight excluding hydrogens is 360 g/mol. The number of azo groups is 1. The van der Waals surface area contributed by atoms with Crippen molar-refractivity contribution in [2.45, 2.75) is 0 Å². The second kappa shape index (κ2) is 5.85. The van der Waals surface area contributed by atoms with Gasteiger partial charge in [-0.05, 0) is 19.8 Å². The van der Waals surface area contributed by atoms with Crippen molar-refractivity contribution in [3.8, 4) is 0 Å². The van der Waals surface area contributed by atoms with E-state index in [1.54, 1.807) is 0 Å². The number of nitrogens with zero attached hydrogens (tertiary/aromatic N) is 8. The summed E-state index contributed by atoms with van der Waals surface area (Å²) < 4.78 is 0. The van der Waals surface area contributed by atoms with Crippen molar-refractivity contribution in [3.05, 3.63) is 20.2 Å². The van der Waals surface area contributed by atoms with Gasteiger partial charge in [0, 0.05) is 32.6 Å². The second-order valence-electron chi connectivity index (χ2n) is 2.63. The third kappa shape index (κ3) is 3.44. The van der Waals surface area contributed by atoms with Gasteiger partial charge >= 0.3 is 23.8 Å². The van der Waals surface area contributed by atoms with E-state index >= 15 is 0 Å². The summed E-state index contributed by atoms with van der Waals surface area (Å²) in [6.45, 7) is 0. The molecule has 2 aromatic heterocycles. The Bertz CT molecular complexity index is 577. The van der Waals surface area contributed by atoms with Crippen molar-refractivity contribution in [1.82, 2.24) is 30.4 Å². The molecule has 2 aromatic rings. The second-order valence-corrected chi connectivity index (χ2v) is 2.63. The first kappa shape index (κ1) is 14.5. The molecule has 15 heteroatoms. The maximum Gasteiger partial charge on any atom is 0.493 e.